The standard InChI is InChI=1S/C15H19N5O3S2/c1-9(11-4-3-5-12(8-11)20-25(2,22)23)16-14(21)17-15-19-18-13(24-15)10-6-7-10/h3-5,8-10,20H,6-7H2,1-2H3,(H2,16,17,19,21). The molecular weight excluding hydrogens is 362 g/mol. The van der Waals surface area contributed by atoms with Gasteiger partial charge in [0.2, 0.25) is 15.2 Å². The van der Waals surface area contributed by atoms with E-state index in [0.29, 0.717) is 16.7 Å². The molecule has 0 spiro atoms. The Kier molecular flexibility index (Phi) is 4.91. The molecule has 3 N–H and O–H groups in total. The molecule has 1 atom stereocenters. The van der Waals surface area contributed by atoms with Gasteiger partial charge in [-0.15, -0.1) is 10.2 Å². The minimum atomic E-state index is -3.35. The third-order valence-electron chi connectivity index (χ3n) is 3.63. The average Bonchev–Trinajstić information content (AvgIpc) is 3.26. The minimum Gasteiger partial charge on any atom is -0.331 e. The Hall–Kier alpha value is -2.20. The van der Waals surface area contributed by atoms with Crippen molar-refractivity contribution in [2.75, 3.05) is 16.3 Å². The van der Waals surface area contributed by atoms with Crippen molar-refractivity contribution in [3.8, 4) is 0 Å². The van der Waals surface area contributed by atoms with Crippen LogP contribution in [0.1, 0.15) is 42.3 Å². The van der Waals surface area contributed by atoms with E-state index in [1.54, 1.807) is 18.2 Å². The van der Waals surface area contributed by atoms with Crippen LogP contribution in [-0.2, 0) is 10.0 Å². The number of sulfonamides is 1. The predicted octanol–water partition coefficient (Wildman–Crippen LogP) is 2.67. The van der Waals surface area contributed by atoms with Crippen LogP contribution in [0, 0.1) is 0 Å². The zero-order valence-corrected chi connectivity index (χ0v) is 15.4. The van der Waals surface area contributed by atoms with Crippen molar-refractivity contribution in [2.45, 2.75) is 31.7 Å². The minimum absolute atomic E-state index is 0.308. The number of urea groups is 1. The number of benzene rings is 1. The largest absolute Gasteiger partial charge is 0.331 e. The second-order valence-corrected chi connectivity index (χ2v) is 8.80. The van der Waals surface area contributed by atoms with E-state index in [-0.39, 0.29) is 12.1 Å². The summed E-state index contributed by atoms with van der Waals surface area (Å²) in [4.78, 5) is 12.1. The monoisotopic (exact) mass is 381 g/mol. The van der Waals surface area contributed by atoms with Crippen molar-refractivity contribution in [3.63, 3.8) is 0 Å². The lowest BCUT2D eigenvalue weighted by Gasteiger charge is -2.15. The van der Waals surface area contributed by atoms with Gasteiger partial charge in [-0.1, -0.05) is 23.5 Å². The van der Waals surface area contributed by atoms with Gasteiger partial charge in [0, 0.05) is 11.6 Å². The lowest BCUT2D eigenvalue weighted by Crippen LogP contribution is -2.31. The van der Waals surface area contributed by atoms with Gasteiger partial charge in [-0.25, -0.2) is 13.2 Å². The molecule has 0 radical (unpaired) electrons. The van der Waals surface area contributed by atoms with E-state index < -0.39 is 10.0 Å². The molecule has 3 rings (SSSR count). The molecule has 25 heavy (non-hydrogen) atoms. The molecule has 1 saturated carbocycles. The van der Waals surface area contributed by atoms with Crippen LogP contribution in [0.25, 0.3) is 0 Å². The molecule has 1 unspecified atom stereocenters. The molecule has 0 saturated heterocycles. The van der Waals surface area contributed by atoms with Crippen LogP contribution in [0.5, 0.6) is 0 Å². The quantitative estimate of drug-likeness (QED) is 0.712. The Morgan fingerprint density at radius 3 is 2.76 bits per heavy atom. The highest BCUT2D eigenvalue weighted by Gasteiger charge is 2.27. The van der Waals surface area contributed by atoms with Crippen LogP contribution in [0.4, 0.5) is 15.6 Å². The molecule has 1 aliphatic rings. The fourth-order valence-electron chi connectivity index (χ4n) is 2.28. The maximum Gasteiger partial charge on any atom is 0.321 e. The molecule has 1 aromatic heterocycles. The van der Waals surface area contributed by atoms with E-state index in [9.17, 15) is 13.2 Å². The summed E-state index contributed by atoms with van der Waals surface area (Å²) < 4.78 is 25.0. The Morgan fingerprint density at radius 2 is 2.08 bits per heavy atom. The van der Waals surface area contributed by atoms with Gasteiger partial charge in [0.05, 0.1) is 12.3 Å². The average molecular weight is 381 g/mol. The lowest BCUT2D eigenvalue weighted by atomic mass is 10.1. The molecule has 2 aromatic rings. The molecule has 0 bridgehead atoms. The number of hydrogen-bond acceptors (Lipinski definition) is 6. The normalized spacial score (nSPS) is 15.4. The highest BCUT2D eigenvalue weighted by atomic mass is 32.2. The van der Waals surface area contributed by atoms with E-state index in [1.807, 2.05) is 13.0 Å². The van der Waals surface area contributed by atoms with Crippen LogP contribution in [-0.4, -0.2) is 30.9 Å². The topological polar surface area (TPSA) is 113 Å². The molecule has 1 heterocycles. The molecule has 0 aliphatic heterocycles. The first-order valence-corrected chi connectivity index (χ1v) is 10.5. The summed E-state index contributed by atoms with van der Waals surface area (Å²) in [5.74, 6) is 0.500. The predicted molar refractivity (Wildman–Crippen MR) is 97.4 cm³/mol. The van der Waals surface area contributed by atoms with Gasteiger partial charge >= 0.3 is 6.03 Å². The summed E-state index contributed by atoms with van der Waals surface area (Å²) in [6.45, 7) is 1.81. The second kappa shape index (κ2) is 6.96. The summed E-state index contributed by atoms with van der Waals surface area (Å²) in [6.07, 6.45) is 3.36. The zero-order chi connectivity index (χ0) is 18.0. The molecule has 10 heteroatoms. The van der Waals surface area contributed by atoms with Crippen LogP contribution in [0.2, 0.25) is 0 Å². The van der Waals surface area contributed by atoms with Crippen molar-refractivity contribution >= 4 is 38.2 Å². The van der Waals surface area contributed by atoms with Crippen LogP contribution < -0.4 is 15.4 Å². The van der Waals surface area contributed by atoms with Gasteiger partial charge in [0.1, 0.15) is 5.01 Å². The van der Waals surface area contributed by atoms with Crippen molar-refractivity contribution < 1.29 is 13.2 Å². The summed E-state index contributed by atoms with van der Waals surface area (Å²) in [5.41, 5.74) is 1.23. The lowest BCUT2D eigenvalue weighted by molar-refractivity contribution is 0.249. The van der Waals surface area contributed by atoms with Crippen LogP contribution >= 0.6 is 11.3 Å². The maximum absolute atomic E-state index is 12.1. The first-order chi connectivity index (χ1) is 11.8. The number of aromatic nitrogens is 2. The van der Waals surface area contributed by atoms with Gasteiger partial charge in [0.15, 0.2) is 0 Å². The number of nitrogens with one attached hydrogen (secondary N) is 3. The van der Waals surface area contributed by atoms with Gasteiger partial charge in [-0.2, -0.15) is 0 Å². The van der Waals surface area contributed by atoms with Crippen LogP contribution in [0.3, 0.4) is 0 Å². The molecular formula is C15H19N5O3S2. The molecule has 2 amide bonds. The van der Waals surface area contributed by atoms with E-state index in [4.69, 9.17) is 0 Å². The summed E-state index contributed by atoms with van der Waals surface area (Å²) >= 11 is 1.39. The number of amides is 2. The maximum atomic E-state index is 12.1. The smallest absolute Gasteiger partial charge is 0.321 e. The number of carbonyl (C=O) groups excluding carboxylic acids is 1. The molecule has 1 fully saturated rings. The van der Waals surface area contributed by atoms with E-state index in [1.165, 1.54) is 11.3 Å². The van der Waals surface area contributed by atoms with Crippen molar-refractivity contribution in [1.29, 1.82) is 0 Å². The van der Waals surface area contributed by atoms with Crippen molar-refractivity contribution in [2.24, 2.45) is 0 Å². The number of rotatable bonds is 6. The number of anilines is 2. The molecule has 8 nitrogen and oxygen atoms in total. The summed E-state index contributed by atoms with van der Waals surface area (Å²) in [5, 5.41) is 15.0. The summed E-state index contributed by atoms with van der Waals surface area (Å²) in [7, 11) is -3.35. The number of hydrogen-bond donors (Lipinski definition) is 3. The Morgan fingerprint density at radius 1 is 1.32 bits per heavy atom. The zero-order valence-electron chi connectivity index (χ0n) is 13.8. The van der Waals surface area contributed by atoms with E-state index in [2.05, 4.69) is 25.6 Å². The Labute approximate surface area is 150 Å². The number of nitrogens with zero attached hydrogens (tertiary/aromatic N) is 2. The van der Waals surface area contributed by atoms with Gasteiger partial charge < -0.3 is 5.32 Å². The third-order valence-corrected chi connectivity index (χ3v) is 5.23. The van der Waals surface area contributed by atoms with Crippen molar-refractivity contribution in [1.82, 2.24) is 15.5 Å². The van der Waals surface area contributed by atoms with Gasteiger partial charge in [-0.05, 0) is 37.5 Å². The fourth-order valence-corrected chi connectivity index (χ4v) is 3.74. The highest BCUT2D eigenvalue weighted by molar-refractivity contribution is 7.92. The SMILES string of the molecule is CC(NC(=O)Nc1nnc(C2CC2)s1)c1cccc(NS(C)(=O)=O)c1. The van der Waals surface area contributed by atoms with Crippen molar-refractivity contribution in [3.05, 3.63) is 34.8 Å². The number of carbonyl (C=O) groups is 1. The second-order valence-electron chi connectivity index (χ2n) is 6.04. The molecule has 1 aliphatic carbocycles. The first kappa shape index (κ1) is 17.6. The third kappa shape index (κ3) is 5.13. The molecule has 1 aromatic carbocycles. The summed E-state index contributed by atoms with van der Waals surface area (Å²) in [6, 6.07) is 6.19. The molecule has 134 valence electrons. The highest BCUT2D eigenvalue weighted by Crippen LogP contribution is 2.42. The Bertz CT molecular complexity index is 877. The fraction of sp³-hybridized carbons (Fsp3) is 0.400. The van der Waals surface area contributed by atoms with Crippen LogP contribution in [0.15, 0.2) is 24.3 Å². The first-order valence-electron chi connectivity index (χ1n) is 7.79. The van der Waals surface area contributed by atoms with E-state index >= 15 is 0 Å². The Balaban J connectivity index is 1.59. The van der Waals surface area contributed by atoms with E-state index in [0.717, 1.165) is 29.7 Å². The van der Waals surface area contributed by atoms with Gasteiger partial charge in [-0.3, -0.25) is 10.0 Å². The van der Waals surface area contributed by atoms with Gasteiger partial charge in [0.25, 0.3) is 0 Å².